The van der Waals surface area contributed by atoms with Crippen LogP contribution in [0.15, 0.2) is 47.5 Å². The molecule has 128 valence electrons. The Morgan fingerprint density at radius 2 is 2.12 bits per heavy atom. The molecule has 2 aromatic carbocycles. The summed E-state index contributed by atoms with van der Waals surface area (Å²) < 4.78 is 5.20. The maximum atomic E-state index is 12.0. The lowest BCUT2D eigenvalue weighted by Gasteiger charge is -2.09. The maximum absolute atomic E-state index is 12.0. The first kappa shape index (κ1) is 16.6. The van der Waals surface area contributed by atoms with Gasteiger partial charge in [-0.2, -0.15) is 0 Å². The summed E-state index contributed by atoms with van der Waals surface area (Å²) in [7, 11) is 0. The van der Waals surface area contributed by atoms with E-state index in [0.717, 1.165) is 11.4 Å². The highest BCUT2D eigenvalue weighted by Gasteiger charge is 2.16. The van der Waals surface area contributed by atoms with E-state index in [-0.39, 0.29) is 12.3 Å². The van der Waals surface area contributed by atoms with Crippen molar-refractivity contribution in [2.24, 2.45) is 4.99 Å². The summed E-state index contributed by atoms with van der Waals surface area (Å²) in [6.45, 7) is 2.85. The van der Waals surface area contributed by atoms with Gasteiger partial charge in [0.15, 0.2) is 0 Å². The smallest absolute Gasteiger partial charge is 0.338 e. The molecule has 0 aliphatic carbocycles. The van der Waals surface area contributed by atoms with Gasteiger partial charge in [-0.15, -0.1) is 0 Å². The number of esters is 1. The van der Waals surface area contributed by atoms with E-state index in [1.165, 1.54) is 23.8 Å². The summed E-state index contributed by atoms with van der Waals surface area (Å²) >= 11 is 0. The highest BCUT2D eigenvalue weighted by molar-refractivity contribution is 6.01. The normalized spacial score (nSPS) is 12.3. The fraction of sp³-hybridized carbons (Fsp3) is 0.222. The summed E-state index contributed by atoms with van der Waals surface area (Å²) in [6.07, 6.45) is 0. The van der Waals surface area contributed by atoms with E-state index in [1.54, 1.807) is 6.92 Å². The van der Waals surface area contributed by atoms with Crippen molar-refractivity contribution >= 4 is 17.5 Å². The van der Waals surface area contributed by atoms with Crippen molar-refractivity contribution in [3.8, 4) is 0 Å². The Labute approximate surface area is 144 Å². The lowest BCUT2D eigenvalue weighted by Crippen LogP contribution is -2.28. The summed E-state index contributed by atoms with van der Waals surface area (Å²) in [5.74, 6) is 0.298. The Balaban J connectivity index is 1.51. The number of nitrogens with one attached hydrogen (secondary N) is 1. The summed E-state index contributed by atoms with van der Waals surface area (Å²) in [4.78, 5) is 26.8. The quantitative estimate of drug-likeness (QED) is 0.391. The number of hydrogen-bond donors (Lipinski definition) is 1. The third kappa shape index (κ3) is 3.65. The number of nitro groups is 1. The molecule has 1 aliphatic rings. The van der Waals surface area contributed by atoms with Gasteiger partial charge >= 0.3 is 5.97 Å². The minimum absolute atomic E-state index is 0.0175. The van der Waals surface area contributed by atoms with Gasteiger partial charge in [0.05, 0.1) is 23.6 Å². The van der Waals surface area contributed by atoms with Gasteiger partial charge in [-0.25, -0.2) is 4.79 Å². The summed E-state index contributed by atoms with van der Waals surface area (Å²) in [5, 5.41) is 14.0. The van der Waals surface area contributed by atoms with Gasteiger partial charge in [-0.3, -0.25) is 15.1 Å². The lowest BCUT2D eigenvalue weighted by atomic mass is 10.1. The molecule has 7 nitrogen and oxygen atoms in total. The van der Waals surface area contributed by atoms with Crippen molar-refractivity contribution in [3.05, 3.63) is 74.8 Å². The van der Waals surface area contributed by atoms with Gasteiger partial charge in [0.1, 0.15) is 12.4 Å². The van der Waals surface area contributed by atoms with E-state index < -0.39 is 10.9 Å². The molecule has 0 atom stereocenters. The maximum Gasteiger partial charge on any atom is 0.338 e. The second-order valence-corrected chi connectivity index (χ2v) is 5.64. The standard InChI is InChI=1S/C18H17N3O4/c1-12-10-13(6-7-16(12)21(23)24)18(22)25-9-8-19-17-15-5-3-2-4-14(15)11-20-17/h2-7,10H,8-9,11H2,1H3,(H,19,20). The number of benzene rings is 2. The number of ether oxygens (including phenoxy) is 1. The Kier molecular flexibility index (Phi) is 4.74. The molecule has 1 heterocycles. The number of rotatable bonds is 5. The number of carbonyl (C=O) groups excluding carboxylic acids is 1. The second kappa shape index (κ2) is 7.12. The Bertz CT molecular complexity index is 861. The fourth-order valence-corrected chi connectivity index (χ4v) is 2.67. The number of hydrogen-bond acceptors (Lipinski definition) is 6. The van der Waals surface area contributed by atoms with Gasteiger partial charge < -0.3 is 10.1 Å². The molecule has 0 saturated heterocycles. The first-order chi connectivity index (χ1) is 12.1. The van der Waals surface area contributed by atoms with Crippen molar-refractivity contribution < 1.29 is 14.5 Å². The van der Waals surface area contributed by atoms with Gasteiger partial charge in [0.2, 0.25) is 0 Å². The zero-order valence-electron chi connectivity index (χ0n) is 13.7. The topological polar surface area (TPSA) is 93.8 Å². The van der Waals surface area contributed by atoms with Crippen LogP contribution >= 0.6 is 0 Å². The third-order valence-corrected chi connectivity index (χ3v) is 3.94. The molecule has 2 aromatic rings. The number of nitro benzene ring substituents is 1. The average Bonchev–Trinajstić information content (AvgIpc) is 3.01. The molecule has 25 heavy (non-hydrogen) atoms. The van der Waals surface area contributed by atoms with Gasteiger partial charge in [0, 0.05) is 17.2 Å². The molecule has 7 heteroatoms. The minimum Gasteiger partial charge on any atom is -0.460 e. The second-order valence-electron chi connectivity index (χ2n) is 5.64. The third-order valence-electron chi connectivity index (χ3n) is 3.94. The molecule has 0 fully saturated rings. The molecule has 1 N–H and O–H groups in total. The summed E-state index contributed by atoms with van der Waals surface area (Å²) in [5.41, 5.74) is 2.94. The van der Waals surface area contributed by atoms with E-state index in [9.17, 15) is 14.9 Å². The van der Waals surface area contributed by atoms with Crippen LogP contribution in [0, 0.1) is 17.0 Å². The van der Waals surface area contributed by atoms with E-state index in [2.05, 4.69) is 10.3 Å². The number of fused-ring (bicyclic) bond motifs is 1. The van der Waals surface area contributed by atoms with Crippen molar-refractivity contribution in [2.45, 2.75) is 13.5 Å². The molecule has 0 saturated carbocycles. The van der Waals surface area contributed by atoms with Crippen LogP contribution in [0.4, 0.5) is 5.69 Å². The van der Waals surface area contributed by atoms with Crippen molar-refractivity contribution in [1.29, 1.82) is 0 Å². The van der Waals surface area contributed by atoms with Crippen LogP contribution in [0.2, 0.25) is 0 Å². The predicted molar refractivity (Wildman–Crippen MR) is 92.8 cm³/mol. The van der Waals surface area contributed by atoms with Crippen LogP contribution < -0.4 is 5.32 Å². The zero-order chi connectivity index (χ0) is 17.8. The Morgan fingerprint density at radius 3 is 2.88 bits per heavy atom. The molecule has 0 unspecified atom stereocenters. The molecule has 0 spiro atoms. The number of aliphatic imine (C=N–C) groups is 1. The highest BCUT2D eigenvalue weighted by Crippen LogP contribution is 2.19. The summed E-state index contributed by atoms with van der Waals surface area (Å²) in [6, 6.07) is 12.1. The van der Waals surface area contributed by atoms with Crippen molar-refractivity contribution in [3.63, 3.8) is 0 Å². The van der Waals surface area contributed by atoms with Gasteiger partial charge in [0.25, 0.3) is 5.69 Å². The van der Waals surface area contributed by atoms with E-state index in [0.29, 0.717) is 24.2 Å². The lowest BCUT2D eigenvalue weighted by molar-refractivity contribution is -0.385. The van der Waals surface area contributed by atoms with E-state index in [1.807, 2.05) is 24.3 Å². The molecule has 0 amide bonds. The predicted octanol–water partition coefficient (Wildman–Crippen LogP) is 2.61. The Morgan fingerprint density at radius 1 is 1.32 bits per heavy atom. The molecule has 3 rings (SSSR count). The molecule has 0 bridgehead atoms. The van der Waals surface area contributed by atoms with Crippen LogP contribution in [0.1, 0.15) is 27.0 Å². The largest absolute Gasteiger partial charge is 0.460 e. The van der Waals surface area contributed by atoms with Crippen molar-refractivity contribution in [2.75, 3.05) is 13.2 Å². The van der Waals surface area contributed by atoms with Crippen molar-refractivity contribution in [1.82, 2.24) is 5.32 Å². The van der Waals surface area contributed by atoms with E-state index >= 15 is 0 Å². The zero-order valence-corrected chi connectivity index (χ0v) is 13.7. The molecular weight excluding hydrogens is 322 g/mol. The molecule has 0 aromatic heterocycles. The number of amidine groups is 1. The van der Waals surface area contributed by atoms with Gasteiger partial charge in [-0.1, -0.05) is 24.3 Å². The van der Waals surface area contributed by atoms with Crippen LogP contribution in [0.3, 0.4) is 0 Å². The first-order valence-corrected chi connectivity index (χ1v) is 7.85. The number of aryl methyl sites for hydroxylation is 1. The molecule has 0 radical (unpaired) electrons. The van der Waals surface area contributed by atoms with Crippen LogP contribution in [0.5, 0.6) is 0 Å². The van der Waals surface area contributed by atoms with Crippen LogP contribution in [-0.4, -0.2) is 29.9 Å². The SMILES string of the molecule is Cc1cc(C(=O)OCCNC2=NCc3ccccc32)ccc1[N+](=O)[O-]. The minimum atomic E-state index is -0.506. The fourth-order valence-electron chi connectivity index (χ4n) is 2.67. The monoisotopic (exact) mass is 339 g/mol. The number of carbonyl (C=O) groups is 1. The highest BCUT2D eigenvalue weighted by atomic mass is 16.6. The Hall–Kier alpha value is -3.22. The first-order valence-electron chi connectivity index (χ1n) is 7.85. The van der Waals surface area contributed by atoms with Crippen LogP contribution in [-0.2, 0) is 11.3 Å². The average molecular weight is 339 g/mol. The molecule has 1 aliphatic heterocycles. The molecular formula is C18H17N3O4. The van der Waals surface area contributed by atoms with Crippen LogP contribution in [0.25, 0.3) is 0 Å². The van der Waals surface area contributed by atoms with E-state index in [4.69, 9.17) is 4.74 Å². The van der Waals surface area contributed by atoms with Gasteiger partial charge in [-0.05, 0) is 24.6 Å². The number of nitrogens with zero attached hydrogens (tertiary/aromatic N) is 2.